The fourth-order valence-corrected chi connectivity index (χ4v) is 4.46. The molecule has 1 fully saturated rings. The van der Waals surface area contributed by atoms with E-state index in [-0.39, 0.29) is 41.6 Å². The minimum absolute atomic E-state index is 0.0278. The normalized spacial score (nSPS) is 19.7. The zero-order valence-corrected chi connectivity index (χ0v) is 27.4. The molecular weight excluding hydrogens is 692 g/mol. The van der Waals surface area contributed by atoms with E-state index in [1.807, 2.05) is 0 Å². The van der Waals surface area contributed by atoms with Crippen molar-refractivity contribution in [1.82, 2.24) is 0 Å². The van der Waals surface area contributed by atoms with E-state index in [1.54, 1.807) is 12.1 Å². The molecule has 1 aliphatic rings. The molecule has 1 saturated carbocycles. The van der Waals surface area contributed by atoms with Gasteiger partial charge in [0.15, 0.2) is 34.5 Å². The lowest BCUT2D eigenvalue weighted by atomic mass is 9.80. The summed E-state index contributed by atoms with van der Waals surface area (Å²) >= 11 is 0. The second kappa shape index (κ2) is 19.9. The Balaban J connectivity index is 0.000000294. The number of ether oxygens (including phenoxy) is 2. The van der Waals surface area contributed by atoms with Gasteiger partial charge in [-0.3, -0.25) is 5.26 Å². The summed E-state index contributed by atoms with van der Waals surface area (Å²) in [6, 6.07) is 12.6. The van der Waals surface area contributed by atoms with Crippen LogP contribution < -0.4 is 4.74 Å². The Morgan fingerprint density at radius 3 is 1.62 bits per heavy atom. The lowest BCUT2D eigenvalue weighted by molar-refractivity contribution is -0.287. The molecule has 52 heavy (non-hydrogen) atoms. The van der Waals surface area contributed by atoms with Gasteiger partial charge < -0.3 is 60.5 Å². The van der Waals surface area contributed by atoms with Crippen LogP contribution >= 0.6 is 0 Å². The maximum Gasteiger partial charge on any atom is 0.331 e. The van der Waals surface area contributed by atoms with E-state index in [2.05, 4.69) is 4.89 Å². The summed E-state index contributed by atoms with van der Waals surface area (Å²) in [5.41, 5.74) is -0.0634. The van der Waals surface area contributed by atoms with Gasteiger partial charge in [-0.15, -0.1) is 0 Å². The average molecular weight is 731 g/mol. The molecule has 0 radical (unpaired) electrons. The molecule has 4 unspecified atom stereocenters. The lowest BCUT2D eigenvalue weighted by Crippen LogP contribution is -2.55. The maximum absolute atomic E-state index is 11.9. The minimum Gasteiger partial charge on any atom is -0.504 e. The van der Waals surface area contributed by atoms with Crippen LogP contribution in [0.3, 0.4) is 0 Å². The second-order valence-corrected chi connectivity index (χ2v) is 11.0. The molecule has 3 aromatic rings. The molecule has 0 aliphatic heterocycles. The number of aliphatic carboxylic acids is 2. The van der Waals surface area contributed by atoms with Crippen LogP contribution in [-0.4, -0.2) is 112 Å². The zero-order valence-electron chi connectivity index (χ0n) is 27.4. The number of esters is 1. The van der Waals surface area contributed by atoms with Gasteiger partial charge in [-0.2, -0.15) is 0 Å². The third-order valence-corrected chi connectivity index (χ3v) is 7.00. The van der Waals surface area contributed by atoms with Crippen molar-refractivity contribution in [3.05, 3.63) is 89.5 Å². The Morgan fingerprint density at radius 1 is 0.712 bits per heavy atom. The van der Waals surface area contributed by atoms with E-state index < -0.39 is 48.4 Å². The lowest BCUT2D eigenvalue weighted by Gasteiger charge is -2.40. The summed E-state index contributed by atoms with van der Waals surface area (Å²) in [6.07, 6.45) is 2.63. The SMILES string of the molecule is COc1cc(/C=C/C(=O)O)ccc1O.O=C(C=Cc1ccc(O)c(O)c1)OC1CC(O)(COO)CC(O)C1O.O=C(O)C=Cc1ccc(O)c(O)c1. The topological polar surface area (TPSA) is 301 Å². The molecule has 0 saturated heterocycles. The van der Waals surface area contributed by atoms with E-state index in [9.17, 15) is 45.0 Å². The average Bonchev–Trinajstić information content (AvgIpc) is 3.08. The van der Waals surface area contributed by atoms with Crippen LogP contribution in [0.5, 0.6) is 34.5 Å². The molecule has 17 heteroatoms. The first-order chi connectivity index (χ1) is 24.5. The molecule has 0 aromatic heterocycles. The first kappa shape index (κ1) is 42.1. The number of carboxylic acid groups (broad SMARTS) is 2. The summed E-state index contributed by atoms with van der Waals surface area (Å²) < 4.78 is 9.91. The highest BCUT2D eigenvalue weighted by atomic mass is 17.1. The zero-order chi connectivity index (χ0) is 39.0. The number of phenols is 5. The predicted molar refractivity (Wildman–Crippen MR) is 181 cm³/mol. The molecule has 0 amide bonds. The number of hydrogen-bond acceptors (Lipinski definition) is 15. The van der Waals surface area contributed by atoms with Crippen LogP contribution in [-0.2, 0) is 24.0 Å². The van der Waals surface area contributed by atoms with Crippen molar-refractivity contribution >= 4 is 36.1 Å². The Labute approximate surface area is 295 Å². The Kier molecular flexibility index (Phi) is 16.1. The summed E-state index contributed by atoms with van der Waals surface area (Å²) in [7, 11) is 1.43. The molecule has 17 nitrogen and oxygen atoms in total. The van der Waals surface area contributed by atoms with Crippen molar-refractivity contribution in [2.24, 2.45) is 0 Å². The van der Waals surface area contributed by atoms with Gasteiger partial charge in [0.2, 0.25) is 0 Å². The van der Waals surface area contributed by atoms with Crippen molar-refractivity contribution in [2.45, 2.75) is 36.8 Å². The van der Waals surface area contributed by atoms with Gasteiger partial charge in [0.25, 0.3) is 0 Å². The third kappa shape index (κ3) is 14.0. The summed E-state index contributed by atoms with van der Waals surface area (Å²) in [6.45, 7) is -0.506. The van der Waals surface area contributed by atoms with Crippen LogP contribution in [0.2, 0.25) is 0 Å². The highest BCUT2D eigenvalue weighted by Gasteiger charge is 2.46. The van der Waals surface area contributed by atoms with Crippen molar-refractivity contribution < 1.29 is 85.1 Å². The Morgan fingerprint density at radius 2 is 1.17 bits per heavy atom. The number of carboxylic acids is 2. The third-order valence-electron chi connectivity index (χ3n) is 7.00. The highest BCUT2D eigenvalue weighted by Crippen LogP contribution is 2.32. The predicted octanol–water partition coefficient (Wildman–Crippen LogP) is 2.45. The van der Waals surface area contributed by atoms with E-state index in [1.165, 1.54) is 67.8 Å². The second-order valence-electron chi connectivity index (χ2n) is 11.0. The molecule has 4 rings (SSSR count). The number of aliphatic hydroxyl groups excluding tert-OH is 2. The molecule has 11 N–H and O–H groups in total. The molecule has 0 spiro atoms. The highest BCUT2D eigenvalue weighted by molar-refractivity contribution is 5.87. The standard InChI is InChI=1S/C16H20O9.C10H10O4.C9H8O4/c17-10-3-1-9(5-11(10)18)2-4-14(20)25-13-7-16(22,8-24-23)6-12(19)15(13)21;1-14-9-6-7(2-4-8(9)11)3-5-10(12)13;10-7-3-1-6(5-8(7)11)2-4-9(12)13/h1-5,12-13,15,17-19,21-23H,6-8H2;2-6,11H,1H3,(H,12,13);1-5,10-11H,(H,12,13)/b;5-3+;. The molecular formula is C35H38O17. The maximum atomic E-state index is 11.9. The van der Waals surface area contributed by atoms with Gasteiger partial charge >= 0.3 is 17.9 Å². The summed E-state index contributed by atoms with van der Waals surface area (Å²) in [5, 5.41) is 101. The molecule has 4 atom stereocenters. The fourth-order valence-electron chi connectivity index (χ4n) is 4.46. The smallest absolute Gasteiger partial charge is 0.331 e. The van der Waals surface area contributed by atoms with Crippen molar-refractivity contribution in [3.63, 3.8) is 0 Å². The van der Waals surface area contributed by atoms with Gasteiger partial charge in [0.1, 0.15) is 18.8 Å². The largest absolute Gasteiger partial charge is 0.504 e. The van der Waals surface area contributed by atoms with Crippen molar-refractivity contribution in [3.8, 4) is 34.5 Å². The van der Waals surface area contributed by atoms with Crippen LogP contribution in [0, 0.1) is 0 Å². The number of methoxy groups -OCH3 is 1. The number of rotatable bonds is 10. The fraction of sp³-hybridized carbons (Fsp3) is 0.229. The first-order valence-electron chi connectivity index (χ1n) is 14.9. The number of benzene rings is 3. The number of carbonyl (C=O) groups excluding carboxylic acids is 1. The molecule has 3 aromatic carbocycles. The van der Waals surface area contributed by atoms with E-state index in [0.717, 1.165) is 18.2 Å². The minimum atomic E-state index is -1.65. The number of aliphatic hydroxyl groups is 3. The number of phenolic OH excluding ortho intramolecular Hbond substituents is 5. The number of carbonyl (C=O) groups is 3. The van der Waals surface area contributed by atoms with Crippen molar-refractivity contribution in [1.29, 1.82) is 0 Å². The van der Waals surface area contributed by atoms with Gasteiger partial charge in [-0.1, -0.05) is 18.2 Å². The Hall–Kier alpha value is -6.11. The van der Waals surface area contributed by atoms with Crippen LogP contribution in [0.25, 0.3) is 18.2 Å². The summed E-state index contributed by atoms with van der Waals surface area (Å²) in [4.78, 5) is 36.1. The first-order valence-corrected chi connectivity index (χ1v) is 14.9. The molecule has 1 aliphatic carbocycles. The van der Waals surface area contributed by atoms with E-state index in [0.29, 0.717) is 22.4 Å². The van der Waals surface area contributed by atoms with Gasteiger partial charge in [0, 0.05) is 31.1 Å². The number of hydrogen-bond donors (Lipinski definition) is 11. The monoisotopic (exact) mass is 730 g/mol. The van der Waals surface area contributed by atoms with E-state index in [4.69, 9.17) is 35.2 Å². The van der Waals surface area contributed by atoms with Crippen LogP contribution in [0.15, 0.2) is 72.8 Å². The summed E-state index contributed by atoms with van der Waals surface area (Å²) in [5.74, 6) is -3.74. The molecule has 280 valence electrons. The van der Waals surface area contributed by atoms with E-state index >= 15 is 0 Å². The van der Waals surface area contributed by atoms with Gasteiger partial charge in [0.05, 0.1) is 18.8 Å². The quantitative estimate of drug-likeness (QED) is 0.0469. The van der Waals surface area contributed by atoms with Crippen molar-refractivity contribution in [2.75, 3.05) is 13.7 Å². The molecule has 0 bridgehead atoms. The number of aromatic hydroxyl groups is 5. The van der Waals surface area contributed by atoms with Crippen LogP contribution in [0.1, 0.15) is 29.5 Å². The van der Waals surface area contributed by atoms with Crippen LogP contribution in [0.4, 0.5) is 0 Å². The molecule has 0 heterocycles. The van der Waals surface area contributed by atoms with Gasteiger partial charge in [-0.25, -0.2) is 19.3 Å². The Bertz CT molecular complexity index is 1770. The van der Waals surface area contributed by atoms with Gasteiger partial charge in [-0.05, 0) is 71.3 Å².